The van der Waals surface area contributed by atoms with Crippen molar-refractivity contribution in [3.05, 3.63) is 29.8 Å². The number of benzene rings is 1. The van der Waals surface area contributed by atoms with Gasteiger partial charge in [-0.1, -0.05) is 6.07 Å². The van der Waals surface area contributed by atoms with Gasteiger partial charge < -0.3 is 10.6 Å². The third kappa shape index (κ3) is 7.22. The quantitative estimate of drug-likeness (QED) is 0.796. The van der Waals surface area contributed by atoms with E-state index in [0.717, 1.165) is 51.0 Å². The Kier molecular flexibility index (Phi) is 8.68. The Bertz CT molecular complexity index is 546. The van der Waals surface area contributed by atoms with E-state index in [1.54, 1.807) is 0 Å². The number of rotatable bonds is 6. The van der Waals surface area contributed by atoms with E-state index in [9.17, 15) is 18.0 Å². The lowest BCUT2D eigenvalue weighted by molar-refractivity contribution is -0.137. The van der Waals surface area contributed by atoms with Crippen LogP contribution in [0.15, 0.2) is 24.3 Å². The molecule has 1 aromatic rings. The Hall–Kier alpha value is -1.31. The van der Waals surface area contributed by atoms with Crippen LogP contribution in [0.2, 0.25) is 0 Å². The topological polar surface area (TPSA) is 44.4 Å². The molecule has 2 N–H and O–H groups in total. The second kappa shape index (κ2) is 9.99. The van der Waals surface area contributed by atoms with Crippen molar-refractivity contribution in [1.82, 2.24) is 10.2 Å². The number of hydrogen-bond donors (Lipinski definition) is 2. The normalized spacial score (nSPS) is 16.3. The lowest BCUT2D eigenvalue weighted by Gasteiger charge is -2.31. The summed E-state index contributed by atoms with van der Waals surface area (Å²) >= 11 is 0. The van der Waals surface area contributed by atoms with Gasteiger partial charge in [0, 0.05) is 5.69 Å². The number of nitrogens with zero attached hydrogens (tertiary/aromatic N) is 1. The standard InChI is InChI=1S/C17H24F3N3O.ClH/c1-21-8-5-13-6-9-23(10-7-13)12-16(24)22-15-4-2-3-14(11-15)17(18,19)20;/h2-4,11,13,21H,5-10,12H2,1H3,(H,22,24);1H. The molecule has 2 rings (SSSR count). The molecule has 1 heterocycles. The smallest absolute Gasteiger partial charge is 0.325 e. The van der Waals surface area contributed by atoms with Gasteiger partial charge in [0.15, 0.2) is 0 Å². The molecule has 8 heteroatoms. The van der Waals surface area contributed by atoms with Crippen LogP contribution in [0.3, 0.4) is 0 Å². The number of carbonyl (C=O) groups excluding carboxylic acids is 1. The van der Waals surface area contributed by atoms with Gasteiger partial charge in [-0.15, -0.1) is 12.4 Å². The van der Waals surface area contributed by atoms with Crippen LogP contribution in [0.1, 0.15) is 24.8 Å². The van der Waals surface area contributed by atoms with Crippen molar-refractivity contribution in [2.75, 3.05) is 38.5 Å². The molecule has 142 valence electrons. The minimum absolute atomic E-state index is 0. The summed E-state index contributed by atoms with van der Waals surface area (Å²) in [6, 6.07) is 4.72. The minimum Gasteiger partial charge on any atom is -0.325 e. The summed E-state index contributed by atoms with van der Waals surface area (Å²) in [7, 11) is 1.94. The first-order chi connectivity index (χ1) is 11.4. The van der Waals surface area contributed by atoms with Crippen LogP contribution in [-0.4, -0.2) is 44.0 Å². The van der Waals surface area contributed by atoms with Gasteiger partial charge in [0.2, 0.25) is 5.91 Å². The Morgan fingerprint density at radius 2 is 1.96 bits per heavy atom. The minimum atomic E-state index is -4.41. The predicted octanol–water partition coefficient (Wildman–Crippen LogP) is 3.39. The van der Waals surface area contributed by atoms with Crippen LogP contribution in [0.4, 0.5) is 18.9 Å². The third-order valence-electron chi connectivity index (χ3n) is 4.35. The molecular formula is C17H25ClF3N3O. The average Bonchev–Trinajstić information content (AvgIpc) is 2.53. The molecule has 0 bridgehead atoms. The van der Waals surface area contributed by atoms with Gasteiger partial charge >= 0.3 is 6.18 Å². The summed E-state index contributed by atoms with van der Waals surface area (Å²) in [6.45, 7) is 2.92. The van der Waals surface area contributed by atoms with Gasteiger partial charge in [0.1, 0.15) is 0 Å². The Labute approximate surface area is 152 Å². The maximum absolute atomic E-state index is 12.7. The Balaban J connectivity index is 0.00000312. The summed E-state index contributed by atoms with van der Waals surface area (Å²) in [4.78, 5) is 14.1. The highest BCUT2D eigenvalue weighted by atomic mass is 35.5. The second-order valence-corrected chi connectivity index (χ2v) is 6.24. The van der Waals surface area contributed by atoms with E-state index in [4.69, 9.17) is 0 Å². The fourth-order valence-corrected chi connectivity index (χ4v) is 2.96. The SMILES string of the molecule is CNCCC1CCN(CC(=O)Nc2cccc(C(F)(F)F)c2)CC1.Cl. The molecular weight excluding hydrogens is 355 g/mol. The molecule has 0 aliphatic carbocycles. The van der Waals surface area contributed by atoms with Crippen molar-refractivity contribution in [2.24, 2.45) is 5.92 Å². The first kappa shape index (κ1) is 21.7. The number of likely N-dealkylation sites (tertiary alicyclic amines) is 1. The number of anilines is 1. The number of alkyl halides is 3. The number of nitrogens with one attached hydrogen (secondary N) is 2. The first-order valence-corrected chi connectivity index (χ1v) is 8.22. The molecule has 4 nitrogen and oxygen atoms in total. The van der Waals surface area contributed by atoms with Crippen LogP contribution in [0.25, 0.3) is 0 Å². The summed E-state index contributed by atoms with van der Waals surface area (Å²) in [5.41, 5.74) is -0.579. The van der Waals surface area contributed by atoms with Gasteiger partial charge in [-0.25, -0.2) is 0 Å². The highest BCUT2D eigenvalue weighted by Gasteiger charge is 2.30. The number of hydrogen-bond acceptors (Lipinski definition) is 3. The number of piperidine rings is 1. The zero-order chi connectivity index (χ0) is 17.6. The summed E-state index contributed by atoms with van der Waals surface area (Å²) in [6.07, 6.45) is -1.16. The van der Waals surface area contributed by atoms with Crippen molar-refractivity contribution >= 4 is 24.0 Å². The summed E-state index contributed by atoms with van der Waals surface area (Å²) < 4.78 is 38.0. The molecule has 25 heavy (non-hydrogen) atoms. The molecule has 1 aliphatic heterocycles. The molecule has 0 unspecified atom stereocenters. The van der Waals surface area contributed by atoms with E-state index >= 15 is 0 Å². The highest BCUT2D eigenvalue weighted by molar-refractivity contribution is 5.92. The molecule has 1 amide bonds. The molecule has 1 aromatic carbocycles. The zero-order valence-corrected chi connectivity index (χ0v) is 15.1. The summed E-state index contributed by atoms with van der Waals surface area (Å²) in [5.74, 6) is 0.406. The molecule has 0 spiro atoms. The van der Waals surface area contributed by atoms with Crippen LogP contribution in [0, 0.1) is 5.92 Å². The maximum Gasteiger partial charge on any atom is 0.416 e. The van der Waals surface area contributed by atoms with Gasteiger partial charge in [0.25, 0.3) is 0 Å². The molecule has 1 fully saturated rings. The van der Waals surface area contributed by atoms with Crippen LogP contribution >= 0.6 is 12.4 Å². The Morgan fingerprint density at radius 1 is 1.28 bits per heavy atom. The number of halogens is 4. The van der Waals surface area contributed by atoms with Crippen LogP contribution in [-0.2, 0) is 11.0 Å². The molecule has 0 aromatic heterocycles. The van der Waals surface area contributed by atoms with Gasteiger partial charge in [0.05, 0.1) is 12.1 Å². The van der Waals surface area contributed by atoms with Crippen LogP contribution in [0.5, 0.6) is 0 Å². The van der Waals surface area contributed by atoms with Crippen molar-refractivity contribution in [3.63, 3.8) is 0 Å². The fraction of sp³-hybridized carbons (Fsp3) is 0.588. The lowest BCUT2D eigenvalue weighted by Crippen LogP contribution is -2.39. The van der Waals surface area contributed by atoms with Gasteiger partial charge in [-0.2, -0.15) is 13.2 Å². The average molecular weight is 380 g/mol. The highest BCUT2D eigenvalue weighted by Crippen LogP contribution is 2.30. The third-order valence-corrected chi connectivity index (χ3v) is 4.35. The van der Waals surface area contributed by atoms with E-state index in [0.29, 0.717) is 5.92 Å². The van der Waals surface area contributed by atoms with Gasteiger partial charge in [-0.3, -0.25) is 9.69 Å². The monoisotopic (exact) mass is 379 g/mol. The van der Waals surface area contributed by atoms with E-state index in [-0.39, 0.29) is 30.5 Å². The van der Waals surface area contributed by atoms with E-state index in [2.05, 4.69) is 15.5 Å². The number of carbonyl (C=O) groups is 1. The number of amides is 1. The predicted molar refractivity (Wildman–Crippen MR) is 95.0 cm³/mol. The maximum atomic E-state index is 12.7. The lowest BCUT2D eigenvalue weighted by atomic mass is 9.93. The van der Waals surface area contributed by atoms with Crippen LogP contribution < -0.4 is 10.6 Å². The molecule has 0 atom stereocenters. The van der Waals surface area contributed by atoms with Crippen molar-refractivity contribution in [1.29, 1.82) is 0 Å². The summed E-state index contributed by atoms with van der Waals surface area (Å²) in [5, 5.41) is 5.70. The van der Waals surface area contributed by atoms with Crippen molar-refractivity contribution < 1.29 is 18.0 Å². The molecule has 0 radical (unpaired) electrons. The van der Waals surface area contributed by atoms with E-state index in [1.165, 1.54) is 12.1 Å². The van der Waals surface area contributed by atoms with Crippen molar-refractivity contribution in [2.45, 2.75) is 25.4 Å². The second-order valence-electron chi connectivity index (χ2n) is 6.24. The molecule has 1 aliphatic rings. The van der Waals surface area contributed by atoms with Crippen molar-refractivity contribution in [3.8, 4) is 0 Å². The fourth-order valence-electron chi connectivity index (χ4n) is 2.96. The van der Waals surface area contributed by atoms with E-state index < -0.39 is 11.7 Å². The van der Waals surface area contributed by atoms with E-state index in [1.807, 2.05) is 7.05 Å². The molecule has 0 saturated carbocycles. The van der Waals surface area contributed by atoms with Gasteiger partial charge in [-0.05, 0) is 70.1 Å². The zero-order valence-electron chi connectivity index (χ0n) is 14.2. The first-order valence-electron chi connectivity index (χ1n) is 8.22. The molecule has 1 saturated heterocycles. The Morgan fingerprint density at radius 3 is 2.56 bits per heavy atom. The largest absolute Gasteiger partial charge is 0.416 e.